The van der Waals surface area contributed by atoms with Crippen LogP contribution in [-0.4, -0.2) is 37.7 Å². The lowest BCUT2D eigenvalue weighted by atomic mass is 10.2. The van der Waals surface area contributed by atoms with Crippen LogP contribution < -0.4 is 10.1 Å². The van der Waals surface area contributed by atoms with E-state index in [1.54, 1.807) is 30.3 Å². The van der Waals surface area contributed by atoms with Crippen LogP contribution in [0.5, 0.6) is 5.75 Å². The van der Waals surface area contributed by atoms with Gasteiger partial charge in [0.2, 0.25) is 0 Å². The number of benzene rings is 2. The molecule has 0 fully saturated rings. The second kappa shape index (κ2) is 9.38. The molecule has 0 bridgehead atoms. The highest BCUT2D eigenvalue weighted by molar-refractivity contribution is 6.01. The maximum Gasteiger partial charge on any atom is 0.347 e. The minimum Gasteiger partial charge on any atom is -0.479 e. The maximum absolute atomic E-state index is 12.0. The number of ether oxygens (including phenoxy) is 3. The van der Waals surface area contributed by atoms with E-state index in [1.165, 1.54) is 20.1 Å². The number of carbonyl (C=O) groups excluding carboxylic acids is 3. The number of rotatable bonds is 7. The van der Waals surface area contributed by atoms with Crippen LogP contribution >= 0.6 is 0 Å². The standard InChI is InChI=1S/C20H21NO6/c1-13-7-6-8-15(11-13)27-14(2)19(23)26-12-18(22)21-17-10-5-4-9-16(17)20(24)25-3/h4-11,14H,12H2,1-3H3,(H,21,22)/t14-/m1/s1. The molecule has 0 aromatic heterocycles. The fourth-order valence-corrected chi connectivity index (χ4v) is 2.26. The van der Waals surface area contributed by atoms with Gasteiger partial charge in [0, 0.05) is 0 Å². The Bertz CT molecular complexity index is 833. The minimum absolute atomic E-state index is 0.204. The molecular weight excluding hydrogens is 350 g/mol. The number of methoxy groups -OCH3 is 1. The number of carbonyl (C=O) groups is 3. The molecule has 1 N–H and O–H groups in total. The predicted molar refractivity (Wildman–Crippen MR) is 98.6 cm³/mol. The summed E-state index contributed by atoms with van der Waals surface area (Å²) in [5.41, 5.74) is 1.47. The Morgan fingerprint density at radius 2 is 1.81 bits per heavy atom. The molecule has 0 saturated heterocycles. The third-order valence-corrected chi connectivity index (χ3v) is 3.59. The van der Waals surface area contributed by atoms with Crippen molar-refractivity contribution in [2.24, 2.45) is 0 Å². The topological polar surface area (TPSA) is 90.9 Å². The van der Waals surface area contributed by atoms with Crippen LogP contribution in [-0.2, 0) is 19.1 Å². The number of esters is 2. The Morgan fingerprint density at radius 1 is 1.07 bits per heavy atom. The summed E-state index contributed by atoms with van der Waals surface area (Å²) < 4.78 is 15.1. The molecule has 7 nitrogen and oxygen atoms in total. The van der Waals surface area contributed by atoms with Crippen molar-refractivity contribution in [3.05, 3.63) is 59.7 Å². The molecule has 0 aliphatic carbocycles. The van der Waals surface area contributed by atoms with E-state index in [0.717, 1.165) is 5.56 Å². The van der Waals surface area contributed by atoms with Crippen molar-refractivity contribution in [1.29, 1.82) is 0 Å². The van der Waals surface area contributed by atoms with E-state index in [0.29, 0.717) is 5.75 Å². The number of nitrogens with one attached hydrogen (secondary N) is 1. The Labute approximate surface area is 157 Å². The summed E-state index contributed by atoms with van der Waals surface area (Å²) in [7, 11) is 1.25. The van der Waals surface area contributed by atoms with E-state index < -0.39 is 30.6 Å². The number of amides is 1. The molecule has 0 saturated carbocycles. The van der Waals surface area contributed by atoms with E-state index in [1.807, 2.05) is 19.1 Å². The van der Waals surface area contributed by atoms with Crippen LogP contribution in [0.2, 0.25) is 0 Å². The molecule has 1 atom stereocenters. The van der Waals surface area contributed by atoms with E-state index in [4.69, 9.17) is 9.47 Å². The monoisotopic (exact) mass is 371 g/mol. The van der Waals surface area contributed by atoms with Crippen LogP contribution in [0.25, 0.3) is 0 Å². The van der Waals surface area contributed by atoms with Crippen molar-refractivity contribution in [3.8, 4) is 5.75 Å². The number of hydrogen-bond donors (Lipinski definition) is 1. The number of hydrogen-bond acceptors (Lipinski definition) is 6. The highest BCUT2D eigenvalue weighted by Crippen LogP contribution is 2.16. The molecule has 0 spiro atoms. The number of anilines is 1. The molecule has 7 heteroatoms. The molecule has 0 heterocycles. The molecule has 2 aromatic rings. The van der Waals surface area contributed by atoms with Crippen LogP contribution in [0.1, 0.15) is 22.8 Å². The molecule has 0 aliphatic heterocycles. The van der Waals surface area contributed by atoms with Gasteiger partial charge < -0.3 is 19.5 Å². The van der Waals surface area contributed by atoms with Crippen LogP contribution in [0.4, 0.5) is 5.69 Å². The van der Waals surface area contributed by atoms with Crippen molar-refractivity contribution >= 4 is 23.5 Å². The van der Waals surface area contributed by atoms with Crippen molar-refractivity contribution in [1.82, 2.24) is 0 Å². The van der Waals surface area contributed by atoms with Gasteiger partial charge in [-0.1, -0.05) is 24.3 Å². The average Bonchev–Trinajstić information content (AvgIpc) is 2.66. The van der Waals surface area contributed by atoms with E-state index in [9.17, 15) is 14.4 Å². The highest BCUT2D eigenvalue weighted by Gasteiger charge is 2.19. The zero-order valence-corrected chi connectivity index (χ0v) is 15.4. The summed E-state index contributed by atoms with van der Waals surface area (Å²) >= 11 is 0. The Kier molecular flexibility index (Phi) is 6.93. The van der Waals surface area contributed by atoms with E-state index in [-0.39, 0.29) is 11.3 Å². The van der Waals surface area contributed by atoms with Crippen LogP contribution in [0.15, 0.2) is 48.5 Å². The molecular formula is C20H21NO6. The first-order chi connectivity index (χ1) is 12.9. The summed E-state index contributed by atoms with van der Waals surface area (Å²) in [4.78, 5) is 35.7. The molecule has 0 aliphatic rings. The van der Waals surface area contributed by atoms with Crippen molar-refractivity contribution in [2.45, 2.75) is 20.0 Å². The van der Waals surface area contributed by atoms with Crippen molar-refractivity contribution in [3.63, 3.8) is 0 Å². The maximum atomic E-state index is 12.0. The number of aryl methyl sites for hydroxylation is 1. The van der Waals surface area contributed by atoms with Gasteiger partial charge in [-0.3, -0.25) is 4.79 Å². The van der Waals surface area contributed by atoms with Gasteiger partial charge in [-0.25, -0.2) is 9.59 Å². The molecule has 2 rings (SSSR count). The number of para-hydroxylation sites is 1. The zero-order chi connectivity index (χ0) is 19.8. The normalized spacial score (nSPS) is 11.2. The van der Waals surface area contributed by atoms with Gasteiger partial charge in [-0.05, 0) is 43.7 Å². The largest absolute Gasteiger partial charge is 0.479 e. The Morgan fingerprint density at radius 3 is 2.52 bits per heavy atom. The fourth-order valence-electron chi connectivity index (χ4n) is 2.26. The Hall–Kier alpha value is -3.35. The molecule has 2 aromatic carbocycles. The lowest BCUT2D eigenvalue weighted by Gasteiger charge is -2.14. The van der Waals surface area contributed by atoms with Gasteiger partial charge in [0.25, 0.3) is 5.91 Å². The first-order valence-electron chi connectivity index (χ1n) is 8.28. The average molecular weight is 371 g/mol. The third-order valence-electron chi connectivity index (χ3n) is 3.59. The quantitative estimate of drug-likeness (QED) is 0.753. The molecule has 27 heavy (non-hydrogen) atoms. The van der Waals surface area contributed by atoms with Crippen molar-refractivity contribution < 1.29 is 28.6 Å². The van der Waals surface area contributed by atoms with E-state index >= 15 is 0 Å². The van der Waals surface area contributed by atoms with Gasteiger partial charge in [-0.15, -0.1) is 0 Å². The van der Waals surface area contributed by atoms with Gasteiger partial charge in [0.1, 0.15) is 5.75 Å². The first-order valence-corrected chi connectivity index (χ1v) is 8.28. The second-order valence-corrected chi connectivity index (χ2v) is 5.77. The van der Waals surface area contributed by atoms with Crippen LogP contribution in [0, 0.1) is 6.92 Å². The van der Waals surface area contributed by atoms with Gasteiger partial charge in [-0.2, -0.15) is 0 Å². The molecule has 142 valence electrons. The van der Waals surface area contributed by atoms with Crippen LogP contribution in [0.3, 0.4) is 0 Å². The second-order valence-electron chi connectivity index (χ2n) is 5.77. The first kappa shape index (κ1) is 20.0. The van der Waals surface area contributed by atoms with Gasteiger partial charge >= 0.3 is 11.9 Å². The summed E-state index contributed by atoms with van der Waals surface area (Å²) in [6.45, 7) is 2.94. The van der Waals surface area contributed by atoms with Gasteiger partial charge in [0.05, 0.1) is 18.4 Å². The zero-order valence-electron chi connectivity index (χ0n) is 15.4. The highest BCUT2D eigenvalue weighted by atomic mass is 16.6. The van der Waals surface area contributed by atoms with Gasteiger partial charge in [0.15, 0.2) is 12.7 Å². The molecule has 1 amide bonds. The summed E-state index contributed by atoms with van der Waals surface area (Å²) in [6, 6.07) is 13.6. The smallest absolute Gasteiger partial charge is 0.347 e. The lowest BCUT2D eigenvalue weighted by Crippen LogP contribution is -2.30. The summed E-state index contributed by atoms with van der Waals surface area (Å²) in [5.74, 6) is -1.30. The fraction of sp³-hybridized carbons (Fsp3) is 0.250. The summed E-state index contributed by atoms with van der Waals surface area (Å²) in [6.07, 6.45) is -0.873. The third kappa shape index (κ3) is 5.85. The summed E-state index contributed by atoms with van der Waals surface area (Å²) in [5, 5.41) is 2.52. The minimum atomic E-state index is -0.873. The molecule has 0 unspecified atom stereocenters. The van der Waals surface area contributed by atoms with Crippen molar-refractivity contribution in [2.75, 3.05) is 19.0 Å². The molecule has 0 radical (unpaired) electrons. The SMILES string of the molecule is COC(=O)c1ccccc1NC(=O)COC(=O)[C@@H](C)Oc1cccc(C)c1. The lowest BCUT2D eigenvalue weighted by molar-refractivity contribution is -0.153. The Balaban J connectivity index is 1.88. The predicted octanol–water partition coefficient (Wildman–Crippen LogP) is 2.73. The van der Waals surface area contributed by atoms with E-state index in [2.05, 4.69) is 10.1 Å².